The van der Waals surface area contributed by atoms with Crippen molar-refractivity contribution < 1.29 is 20.4 Å². The molecule has 6 unspecified atom stereocenters. The molecule has 92 valence electrons. The van der Waals surface area contributed by atoms with E-state index in [4.69, 9.17) is 0 Å². The van der Waals surface area contributed by atoms with Crippen LogP contribution < -0.4 is 0 Å². The Morgan fingerprint density at radius 1 is 1.25 bits per heavy atom. The molecule has 0 aromatic carbocycles. The van der Waals surface area contributed by atoms with Crippen LogP contribution in [0.1, 0.15) is 25.7 Å². The largest absolute Gasteiger partial charge is 0.393 e. The zero-order valence-corrected chi connectivity index (χ0v) is 9.29. The minimum absolute atomic E-state index is 0.0879. The number of fused-ring (bicyclic) bond motifs is 1. The molecule has 2 aliphatic carbocycles. The smallest absolute Gasteiger partial charge is 0.0943 e. The highest BCUT2D eigenvalue weighted by molar-refractivity contribution is 5.07. The van der Waals surface area contributed by atoms with Gasteiger partial charge < -0.3 is 20.4 Å². The zero-order valence-electron chi connectivity index (χ0n) is 9.29. The first-order valence-corrected chi connectivity index (χ1v) is 5.87. The summed E-state index contributed by atoms with van der Waals surface area (Å²) >= 11 is 0. The van der Waals surface area contributed by atoms with Gasteiger partial charge in [-0.1, -0.05) is 6.08 Å². The Balaban J connectivity index is 2.20. The first-order valence-electron chi connectivity index (χ1n) is 5.87. The zero-order chi connectivity index (χ0) is 11.9. The molecule has 0 radical (unpaired) electrons. The lowest BCUT2D eigenvalue weighted by molar-refractivity contribution is -0.156. The van der Waals surface area contributed by atoms with Crippen molar-refractivity contribution in [2.24, 2.45) is 11.8 Å². The molecule has 16 heavy (non-hydrogen) atoms. The third-order valence-electron chi connectivity index (χ3n) is 4.24. The van der Waals surface area contributed by atoms with Crippen molar-refractivity contribution in [2.75, 3.05) is 0 Å². The summed E-state index contributed by atoms with van der Waals surface area (Å²) < 4.78 is 0. The summed E-state index contributed by atoms with van der Waals surface area (Å²) in [4.78, 5) is 0. The Bertz CT molecular complexity index is 280. The Hall–Kier alpha value is -0.420. The standard InChI is InChI=1S/C12H20O4/c1-2-4-12(16)5-3-7-8(13)6-9(14)10(7)11(12)15/h2,7-11,13-16H,1,3-6H2. The first kappa shape index (κ1) is 12.0. The van der Waals surface area contributed by atoms with E-state index in [9.17, 15) is 20.4 Å². The van der Waals surface area contributed by atoms with Crippen LogP contribution in [0.4, 0.5) is 0 Å². The fourth-order valence-electron chi connectivity index (χ4n) is 3.35. The molecule has 0 spiro atoms. The molecule has 4 heteroatoms. The van der Waals surface area contributed by atoms with Crippen LogP contribution in [-0.2, 0) is 0 Å². The van der Waals surface area contributed by atoms with Gasteiger partial charge in [0.2, 0.25) is 0 Å². The second kappa shape index (κ2) is 4.11. The monoisotopic (exact) mass is 228 g/mol. The second-order valence-corrected chi connectivity index (χ2v) is 5.19. The van der Waals surface area contributed by atoms with Gasteiger partial charge in [0.1, 0.15) is 0 Å². The van der Waals surface area contributed by atoms with Gasteiger partial charge in [0, 0.05) is 5.92 Å². The van der Waals surface area contributed by atoms with Gasteiger partial charge >= 0.3 is 0 Å². The summed E-state index contributed by atoms with van der Waals surface area (Å²) in [7, 11) is 0. The van der Waals surface area contributed by atoms with E-state index < -0.39 is 29.8 Å². The molecule has 6 atom stereocenters. The van der Waals surface area contributed by atoms with E-state index in [2.05, 4.69) is 6.58 Å². The van der Waals surface area contributed by atoms with E-state index >= 15 is 0 Å². The van der Waals surface area contributed by atoms with Crippen molar-refractivity contribution in [3.05, 3.63) is 12.7 Å². The molecule has 0 aliphatic heterocycles. The van der Waals surface area contributed by atoms with Gasteiger partial charge in [0.25, 0.3) is 0 Å². The lowest BCUT2D eigenvalue weighted by Crippen LogP contribution is -2.54. The molecule has 0 heterocycles. The number of aliphatic hydroxyl groups excluding tert-OH is 3. The van der Waals surface area contributed by atoms with Gasteiger partial charge in [-0.3, -0.25) is 0 Å². The Kier molecular flexibility index (Phi) is 3.09. The summed E-state index contributed by atoms with van der Waals surface area (Å²) in [6.07, 6.45) is 1.05. The summed E-state index contributed by atoms with van der Waals surface area (Å²) in [6, 6.07) is 0. The molecule has 0 aromatic rings. The molecule has 4 nitrogen and oxygen atoms in total. The maximum Gasteiger partial charge on any atom is 0.0943 e. The average Bonchev–Trinajstić information content (AvgIpc) is 2.49. The minimum atomic E-state index is -1.19. The number of hydrogen-bond donors (Lipinski definition) is 4. The van der Waals surface area contributed by atoms with Crippen molar-refractivity contribution in [3.63, 3.8) is 0 Å². The van der Waals surface area contributed by atoms with Gasteiger partial charge in [-0.2, -0.15) is 0 Å². The van der Waals surface area contributed by atoms with Crippen LogP contribution in [0, 0.1) is 11.8 Å². The van der Waals surface area contributed by atoms with Crippen LogP contribution >= 0.6 is 0 Å². The molecule has 2 saturated carbocycles. The van der Waals surface area contributed by atoms with Gasteiger partial charge in [0.05, 0.1) is 23.9 Å². The normalized spacial score (nSPS) is 52.4. The fraction of sp³-hybridized carbons (Fsp3) is 0.833. The second-order valence-electron chi connectivity index (χ2n) is 5.19. The van der Waals surface area contributed by atoms with Crippen LogP contribution in [0.5, 0.6) is 0 Å². The molecule has 2 aliphatic rings. The van der Waals surface area contributed by atoms with Crippen molar-refractivity contribution >= 4 is 0 Å². The average molecular weight is 228 g/mol. The highest BCUT2D eigenvalue weighted by atomic mass is 16.3. The summed E-state index contributed by atoms with van der Waals surface area (Å²) in [5.41, 5.74) is -1.19. The molecule has 2 rings (SSSR count). The molecular formula is C12H20O4. The Morgan fingerprint density at radius 2 is 1.94 bits per heavy atom. The van der Waals surface area contributed by atoms with E-state index in [1.165, 1.54) is 0 Å². The predicted octanol–water partition coefficient (Wildman–Crippen LogP) is -0.194. The van der Waals surface area contributed by atoms with E-state index in [1.54, 1.807) is 6.08 Å². The molecule has 0 amide bonds. The maximum absolute atomic E-state index is 10.3. The van der Waals surface area contributed by atoms with Crippen molar-refractivity contribution in [2.45, 2.75) is 49.6 Å². The maximum atomic E-state index is 10.3. The van der Waals surface area contributed by atoms with Crippen LogP contribution in [-0.4, -0.2) is 44.3 Å². The van der Waals surface area contributed by atoms with Gasteiger partial charge in [0.15, 0.2) is 0 Å². The van der Waals surface area contributed by atoms with Crippen molar-refractivity contribution in [3.8, 4) is 0 Å². The van der Waals surface area contributed by atoms with Crippen LogP contribution in [0.2, 0.25) is 0 Å². The van der Waals surface area contributed by atoms with E-state index in [0.29, 0.717) is 25.7 Å². The Labute approximate surface area is 95.2 Å². The molecule has 0 bridgehead atoms. The number of aliphatic hydroxyl groups is 4. The molecule has 0 saturated heterocycles. The number of rotatable bonds is 2. The highest BCUT2D eigenvalue weighted by Gasteiger charge is 2.54. The Morgan fingerprint density at radius 3 is 2.56 bits per heavy atom. The predicted molar refractivity (Wildman–Crippen MR) is 58.6 cm³/mol. The lowest BCUT2D eigenvalue weighted by Gasteiger charge is -2.44. The molecule has 4 N–H and O–H groups in total. The summed E-state index contributed by atoms with van der Waals surface area (Å²) in [5, 5.41) is 40.0. The SMILES string of the molecule is C=CCC1(O)CCC2C(O)CC(O)C2C1O. The van der Waals surface area contributed by atoms with Crippen molar-refractivity contribution in [1.82, 2.24) is 0 Å². The first-order chi connectivity index (χ1) is 7.49. The minimum Gasteiger partial charge on any atom is -0.393 e. The van der Waals surface area contributed by atoms with E-state index in [1.807, 2.05) is 0 Å². The van der Waals surface area contributed by atoms with E-state index in [-0.39, 0.29) is 5.92 Å². The molecule has 0 aromatic heterocycles. The van der Waals surface area contributed by atoms with Gasteiger partial charge in [-0.05, 0) is 31.6 Å². The number of hydrogen-bond acceptors (Lipinski definition) is 4. The topological polar surface area (TPSA) is 80.9 Å². The quantitative estimate of drug-likeness (QED) is 0.494. The fourth-order valence-corrected chi connectivity index (χ4v) is 3.35. The third-order valence-corrected chi connectivity index (χ3v) is 4.24. The summed E-state index contributed by atoms with van der Waals surface area (Å²) in [5.74, 6) is -0.496. The van der Waals surface area contributed by atoms with Crippen molar-refractivity contribution in [1.29, 1.82) is 0 Å². The van der Waals surface area contributed by atoms with Gasteiger partial charge in [-0.15, -0.1) is 6.58 Å². The van der Waals surface area contributed by atoms with Crippen LogP contribution in [0.3, 0.4) is 0 Å². The third kappa shape index (κ3) is 1.70. The van der Waals surface area contributed by atoms with Crippen LogP contribution in [0.25, 0.3) is 0 Å². The summed E-state index contributed by atoms with van der Waals surface area (Å²) in [6.45, 7) is 3.57. The molecule has 2 fully saturated rings. The van der Waals surface area contributed by atoms with Gasteiger partial charge in [-0.25, -0.2) is 0 Å². The highest BCUT2D eigenvalue weighted by Crippen LogP contribution is 2.47. The molecular weight excluding hydrogens is 208 g/mol. The van der Waals surface area contributed by atoms with E-state index in [0.717, 1.165) is 0 Å². The lowest BCUT2D eigenvalue weighted by atomic mass is 9.68. The van der Waals surface area contributed by atoms with Crippen LogP contribution in [0.15, 0.2) is 12.7 Å².